The van der Waals surface area contributed by atoms with Gasteiger partial charge in [0.05, 0.1) is 5.69 Å². The number of hydrogen-bond acceptors (Lipinski definition) is 3. The molecule has 2 N–H and O–H groups in total. The van der Waals surface area contributed by atoms with Crippen LogP contribution in [-0.2, 0) is 0 Å². The zero-order valence-corrected chi connectivity index (χ0v) is 15.7. The topological polar surface area (TPSA) is 76.0 Å². The second kappa shape index (κ2) is 8.59. The summed E-state index contributed by atoms with van der Waals surface area (Å²) in [5, 5.41) is 9.60. The van der Waals surface area contributed by atoms with Gasteiger partial charge in [-0.25, -0.2) is 9.07 Å². The Morgan fingerprint density at radius 3 is 2.41 bits per heavy atom. The van der Waals surface area contributed by atoms with Gasteiger partial charge in [-0.2, -0.15) is 5.10 Å². The van der Waals surface area contributed by atoms with Crippen molar-refractivity contribution in [3.8, 4) is 5.69 Å². The van der Waals surface area contributed by atoms with Crippen LogP contribution >= 0.6 is 15.9 Å². The zero-order chi connectivity index (χ0) is 19.2. The number of nitrogens with zero attached hydrogens (tertiary/aromatic N) is 2. The lowest BCUT2D eigenvalue weighted by Gasteiger charge is -2.06. The van der Waals surface area contributed by atoms with E-state index < -0.39 is 0 Å². The van der Waals surface area contributed by atoms with Gasteiger partial charge in [0, 0.05) is 29.3 Å². The molecule has 0 spiro atoms. The number of carbonyl (C=O) groups is 2. The number of amides is 2. The zero-order valence-electron chi connectivity index (χ0n) is 14.2. The van der Waals surface area contributed by atoms with E-state index in [4.69, 9.17) is 0 Å². The van der Waals surface area contributed by atoms with Gasteiger partial charge in [-0.3, -0.25) is 9.59 Å². The minimum absolute atomic E-state index is 0.217. The van der Waals surface area contributed by atoms with Crippen molar-refractivity contribution in [3.05, 3.63) is 82.3 Å². The van der Waals surface area contributed by atoms with E-state index in [1.54, 1.807) is 42.6 Å². The number of hydrogen-bond donors (Lipinski definition) is 2. The Balaban J connectivity index is 1.48. The van der Waals surface area contributed by atoms with E-state index in [2.05, 4.69) is 31.7 Å². The first-order valence-electron chi connectivity index (χ1n) is 8.16. The Hall–Kier alpha value is -3.00. The monoisotopic (exact) mass is 430 g/mol. The quantitative estimate of drug-likeness (QED) is 0.590. The third-order valence-electron chi connectivity index (χ3n) is 3.70. The van der Waals surface area contributed by atoms with E-state index in [0.29, 0.717) is 11.3 Å². The van der Waals surface area contributed by atoms with Crippen LogP contribution in [-0.4, -0.2) is 34.7 Å². The fraction of sp³-hybridized carbons (Fsp3) is 0.105. The van der Waals surface area contributed by atoms with Crippen molar-refractivity contribution in [3.63, 3.8) is 0 Å². The minimum Gasteiger partial charge on any atom is -0.350 e. The van der Waals surface area contributed by atoms with Crippen LogP contribution in [0.3, 0.4) is 0 Å². The summed E-state index contributed by atoms with van der Waals surface area (Å²) in [6, 6.07) is 14.4. The van der Waals surface area contributed by atoms with Crippen LogP contribution in [0.25, 0.3) is 5.69 Å². The molecule has 8 heteroatoms. The lowest BCUT2D eigenvalue weighted by atomic mass is 10.2. The highest BCUT2D eigenvalue weighted by molar-refractivity contribution is 9.10. The molecule has 3 rings (SSSR count). The maximum atomic E-state index is 13.0. The van der Waals surface area contributed by atoms with Crippen molar-refractivity contribution in [2.24, 2.45) is 0 Å². The molecular weight excluding hydrogens is 415 g/mol. The Morgan fingerprint density at radius 2 is 1.70 bits per heavy atom. The van der Waals surface area contributed by atoms with E-state index in [-0.39, 0.29) is 36.4 Å². The van der Waals surface area contributed by atoms with Gasteiger partial charge in [0.25, 0.3) is 11.8 Å². The predicted molar refractivity (Wildman–Crippen MR) is 102 cm³/mol. The van der Waals surface area contributed by atoms with E-state index in [9.17, 15) is 14.0 Å². The van der Waals surface area contributed by atoms with Crippen LogP contribution in [0, 0.1) is 5.82 Å². The highest BCUT2D eigenvalue weighted by Crippen LogP contribution is 2.11. The van der Waals surface area contributed by atoms with Crippen molar-refractivity contribution in [1.29, 1.82) is 0 Å². The second-order valence-corrected chi connectivity index (χ2v) is 6.56. The smallest absolute Gasteiger partial charge is 0.271 e. The largest absolute Gasteiger partial charge is 0.350 e. The van der Waals surface area contributed by atoms with Gasteiger partial charge in [-0.1, -0.05) is 22.0 Å². The lowest BCUT2D eigenvalue weighted by molar-refractivity contribution is 0.0925. The molecule has 0 atom stereocenters. The van der Waals surface area contributed by atoms with Crippen molar-refractivity contribution in [2.45, 2.75) is 0 Å². The molecule has 0 bridgehead atoms. The molecule has 1 aromatic heterocycles. The molecule has 0 saturated carbocycles. The van der Waals surface area contributed by atoms with Crippen LogP contribution in [0.2, 0.25) is 0 Å². The third-order valence-corrected chi connectivity index (χ3v) is 4.19. The van der Waals surface area contributed by atoms with Gasteiger partial charge >= 0.3 is 0 Å². The van der Waals surface area contributed by atoms with Gasteiger partial charge in [0.1, 0.15) is 5.82 Å². The van der Waals surface area contributed by atoms with Crippen LogP contribution in [0.5, 0.6) is 0 Å². The molecule has 2 aromatic carbocycles. The molecule has 2 amide bonds. The molecule has 0 aliphatic rings. The molecule has 0 aliphatic heterocycles. The summed E-state index contributed by atoms with van der Waals surface area (Å²) in [6.07, 6.45) is 1.62. The standard InChI is InChI=1S/C19H16BrFN4O2/c20-14-3-1-2-13(12-14)18(26)22-9-10-23-19(27)17-8-11-25(24-17)16-6-4-15(21)5-7-16/h1-8,11-12H,9-10H2,(H,22,26)(H,23,27). The Morgan fingerprint density at radius 1 is 1.00 bits per heavy atom. The van der Waals surface area contributed by atoms with Gasteiger partial charge in [-0.15, -0.1) is 0 Å². The Kier molecular flexibility index (Phi) is 5.97. The number of benzene rings is 2. The maximum Gasteiger partial charge on any atom is 0.271 e. The first-order chi connectivity index (χ1) is 13.0. The van der Waals surface area contributed by atoms with Crippen LogP contribution < -0.4 is 10.6 Å². The molecule has 0 radical (unpaired) electrons. The van der Waals surface area contributed by atoms with Crippen molar-refractivity contribution >= 4 is 27.7 Å². The van der Waals surface area contributed by atoms with E-state index in [0.717, 1.165) is 4.47 Å². The molecule has 6 nitrogen and oxygen atoms in total. The summed E-state index contributed by atoms with van der Waals surface area (Å²) in [6.45, 7) is 0.553. The van der Waals surface area contributed by atoms with Crippen molar-refractivity contribution < 1.29 is 14.0 Å². The summed E-state index contributed by atoms with van der Waals surface area (Å²) in [5.41, 5.74) is 1.42. The van der Waals surface area contributed by atoms with Crippen molar-refractivity contribution in [1.82, 2.24) is 20.4 Å². The average Bonchev–Trinajstić information content (AvgIpc) is 3.16. The minimum atomic E-state index is -0.354. The van der Waals surface area contributed by atoms with Crippen LogP contribution in [0.1, 0.15) is 20.8 Å². The van der Waals surface area contributed by atoms with Gasteiger partial charge in [-0.05, 0) is 48.5 Å². The number of rotatable bonds is 6. The van der Waals surface area contributed by atoms with E-state index in [1.807, 2.05) is 6.07 Å². The molecule has 0 unspecified atom stereocenters. The number of nitrogens with one attached hydrogen (secondary N) is 2. The van der Waals surface area contributed by atoms with Gasteiger partial charge < -0.3 is 10.6 Å². The average molecular weight is 431 g/mol. The Labute approximate surface area is 163 Å². The second-order valence-electron chi connectivity index (χ2n) is 5.64. The van der Waals surface area contributed by atoms with Crippen LogP contribution in [0.4, 0.5) is 4.39 Å². The molecule has 0 aliphatic carbocycles. The van der Waals surface area contributed by atoms with Crippen molar-refractivity contribution in [2.75, 3.05) is 13.1 Å². The lowest BCUT2D eigenvalue weighted by Crippen LogP contribution is -2.34. The molecule has 1 heterocycles. The third kappa shape index (κ3) is 5.01. The maximum absolute atomic E-state index is 13.0. The first kappa shape index (κ1) is 18.8. The highest BCUT2D eigenvalue weighted by atomic mass is 79.9. The summed E-state index contributed by atoms with van der Waals surface area (Å²) >= 11 is 3.32. The summed E-state index contributed by atoms with van der Waals surface area (Å²) < 4.78 is 15.3. The number of aromatic nitrogens is 2. The SMILES string of the molecule is O=C(NCCNC(=O)c1ccn(-c2ccc(F)cc2)n1)c1cccc(Br)c1. The molecule has 3 aromatic rings. The normalized spacial score (nSPS) is 10.4. The summed E-state index contributed by atoms with van der Waals surface area (Å²) in [4.78, 5) is 24.1. The Bertz CT molecular complexity index is 956. The molecule has 138 valence electrons. The summed E-state index contributed by atoms with van der Waals surface area (Å²) in [7, 11) is 0. The fourth-order valence-corrected chi connectivity index (χ4v) is 2.76. The first-order valence-corrected chi connectivity index (χ1v) is 8.96. The fourth-order valence-electron chi connectivity index (χ4n) is 2.36. The number of carbonyl (C=O) groups excluding carboxylic acids is 2. The molecule has 0 fully saturated rings. The highest BCUT2D eigenvalue weighted by Gasteiger charge is 2.10. The molecular formula is C19H16BrFN4O2. The van der Waals surface area contributed by atoms with E-state index in [1.165, 1.54) is 16.8 Å². The molecule has 27 heavy (non-hydrogen) atoms. The van der Waals surface area contributed by atoms with E-state index >= 15 is 0 Å². The van der Waals surface area contributed by atoms with Crippen LogP contribution in [0.15, 0.2) is 65.3 Å². The number of halogens is 2. The summed E-state index contributed by atoms with van der Waals surface area (Å²) in [5.74, 6) is -0.910. The van der Waals surface area contributed by atoms with Gasteiger partial charge in [0.2, 0.25) is 0 Å². The predicted octanol–water partition coefficient (Wildman–Crippen LogP) is 2.93. The molecule has 0 saturated heterocycles. The van der Waals surface area contributed by atoms with Gasteiger partial charge in [0.15, 0.2) is 5.69 Å².